The molecule has 0 fully saturated rings. The number of benzene rings is 3. The lowest BCUT2D eigenvalue weighted by Crippen LogP contribution is -2.07. The van der Waals surface area contributed by atoms with Crippen LogP contribution < -0.4 is 0 Å². The van der Waals surface area contributed by atoms with E-state index in [1.165, 1.54) is 18.2 Å². The molecule has 0 saturated heterocycles. The summed E-state index contributed by atoms with van der Waals surface area (Å²) >= 11 is 0. The van der Waals surface area contributed by atoms with Gasteiger partial charge in [-0.3, -0.25) is 0 Å². The van der Waals surface area contributed by atoms with Crippen LogP contribution in [0.3, 0.4) is 0 Å². The maximum absolute atomic E-state index is 14.3. The van der Waals surface area contributed by atoms with Gasteiger partial charge in [0, 0.05) is 34.6 Å². The number of fused-ring (bicyclic) bond motifs is 2. The molecule has 6 heteroatoms. The van der Waals surface area contributed by atoms with Crippen molar-refractivity contribution in [2.45, 2.75) is 12.1 Å². The first kappa shape index (κ1) is 18.5. The zero-order chi connectivity index (χ0) is 20.9. The Labute approximate surface area is 169 Å². The number of H-pyrrole nitrogens is 2. The lowest BCUT2D eigenvalue weighted by molar-refractivity contribution is -0.137. The van der Waals surface area contributed by atoms with Crippen molar-refractivity contribution in [2.24, 2.45) is 0 Å². The van der Waals surface area contributed by atoms with Crippen LogP contribution in [0.4, 0.5) is 17.6 Å². The van der Waals surface area contributed by atoms with Gasteiger partial charge in [0.25, 0.3) is 0 Å². The summed E-state index contributed by atoms with van der Waals surface area (Å²) in [5.41, 5.74) is 3.01. The van der Waals surface area contributed by atoms with Crippen molar-refractivity contribution in [3.05, 3.63) is 107 Å². The fourth-order valence-corrected chi connectivity index (χ4v) is 4.10. The number of aromatic amines is 2. The van der Waals surface area contributed by atoms with E-state index in [1.54, 1.807) is 12.3 Å². The highest BCUT2D eigenvalue weighted by Crippen LogP contribution is 2.40. The largest absolute Gasteiger partial charge is 0.416 e. The first-order valence-corrected chi connectivity index (χ1v) is 9.42. The molecule has 0 saturated carbocycles. The van der Waals surface area contributed by atoms with Gasteiger partial charge in [0.1, 0.15) is 5.82 Å². The maximum atomic E-state index is 14.3. The molecule has 0 amide bonds. The summed E-state index contributed by atoms with van der Waals surface area (Å²) in [6.07, 6.45) is -0.804. The van der Waals surface area contributed by atoms with E-state index in [2.05, 4.69) is 9.97 Å². The molecule has 2 N–H and O–H groups in total. The van der Waals surface area contributed by atoms with Crippen LogP contribution in [0, 0.1) is 5.82 Å². The van der Waals surface area contributed by atoms with Gasteiger partial charge in [-0.15, -0.1) is 0 Å². The van der Waals surface area contributed by atoms with Gasteiger partial charge in [-0.25, -0.2) is 4.39 Å². The van der Waals surface area contributed by atoms with Crippen molar-refractivity contribution < 1.29 is 17.6 Å². The number of rotatable bonds is 3. The van der Waals surface area contributed by atoms with E-state index < -0.39 is 11.7 Å². The van der Waals surface area contributed by atoms with Crippen molar-refractivity contribution in [3.8, 4) is 0 Å². The van der Waals surface area contributed by atoms with Crippen molar-refractivity contribution in [3.63, 3.8) is 0 Å². The molecule has 0 aliphatic heterocycles. The number of para-hydroxylation sites is 2. The molecule has 2 nitrogen and oxygen atoms in total. The second-order valence-corrected chi connectivity index (χ2v) is 7.25. The fraction of sp³-hybridized carbons (Fsp3) is 0.0833. The van der Waals surface area contributed by atoms with Crippen LogP contribution in [0.15, 0.2) is 79.1 Å². The summed E-state index contributed by atoms with van der Waals surface area (Å²) in [5, 5.41) is 1.67. The van der Waals surface area contributed by atoms with E-state index in [0.717, 1.165) is 34.2 Å². The number of hydrogen-bond acceptors (Lipinski definition) is 0. The normalized spacial score (nSPS) is 13.2. The Hall–Kier alpha value is -3.54. The monoisotopic (exact) mass is 408 g/mol. The van der Waals surface area contributed by atoms with E-state index >= 15 is 0 Å². The molecule has 0 radical (unpaired) electrons. The van der Waals surface area contributed by atoms with Crippen molar-refractivity contribution in [1.29, 1.82) is 0 Å². The van der Waals surface area contributed by atoms with Crippen LogP contribution in [0.1, 0.15) is 28.2 Å². The molecule has 1 unspecified atom stereocenters. The van der Waals surface area contributed by atoms with E-state index in [9.17, 15) is 17.6 Å². The van der Waals surface area contributed by atoms with Gasteiger partial charge in [0.2, 0.25) is 0 Å². The SMILES string of the molecule is Fc1cccc2c(C(c3ccc(C(F)(F)F)cc3)c3c[nH]c4ccccc34)c[nH]c12. The first-order chi connectivity index (χ1) is 14.4. The number of halogens is 4. The molecule has 150 valence electrons. The summed E-state index contributed by atoms with van der Waals surface area (Å²) < 4.78 is 53.5. The lowest BCUT2D eigenvalue weighted by Gasteiger charge is -2.18. The average molecular weight is 408 g/mol. The van der Waals surface area contributed by atoms with Gasteiger partial charge >= 0.3 is 6.18 Å². The molecule has 0 aliphatic carbocycles. The molecular weight excluding hydrogens is 392 g/mol. The lowest BCUT2D eigenvalue weighted by atomic mass is 9.84. The second kappa shape index (κ2) is 6.76. The Bertz CT molecular complexity index is 1340. The number of aromatic nitrogens is 2. The summed E-state index contributed by atoms with van der Waals surface area (Å²) in [6.45, 7) is 0. The first-order valence-electron chi connectivity index (χ1n) is 9.42. The molecule has 1 atom stereocenters. The zero-order valence-electron chi connectivity index (χ0n) is 15.6. The number of hydrogen-bond donors (Lipinski definition) is 2. The molecule has 3 aromatic carbocycles. The molecule has 5 rings (SSSR count). The van der Waals surface area contributed by atoms with Gasteiger partial charge in [-0.2, -0.15) is 13.2 Å². The van der Waals surface area contributed by atoms with E-state index in [4.69, 9.17) is 0 Å². The topological polar surface area (TPSA) is 31.6 Å². The van der Waals surface area contributed by atoms with Crippen LogP contribution in [0.2, 0.25) is 0 Å². The Kier molecular flexibility index (Phi) is 4.17. The Morgan fingerprint density at radius 1 is 0.700 bits per heavy atom. The van der Waals surface area contributed by atoms with Gasteiger partial charge in [-0.05, 0) is 41.0 Å². The molecule has 5 aromatic rings. The summed E-state index contributed by atoms with van der Waals surface area (Å²) in [5.74, 6) is -0.747. The number of nitrogens with one attached hydrogen (secondary N) is 2. The molecule has 0 bridgehead atoms. The predicted octanol–water partition coefficient (Wildman–Crippen LogP) is 6.99. The minimum atomic E-state index is -4.40. The van der Waals surface area contributed by atoms with Gasteiger partial charge in [0.05, 0.1) is 11.1 Å². The minimum absolute atomic E-state index is 0.371. The van der Waals surface area contributed by atoms with Gasteiger partial charge in [-0.1, -0.05) is 42.5 Å². The third kappa shape index (κ3) is 2.96. The number of alkyl halides is 3. The smallest absolute Gasteiger partial charge is 0.361 e. The molecular formula is C24H16F4N2. The summed E-state index contributed by atoms with van der Waals surface area (Å²) in [7, 11) is 0. The van der Waals surface area contributed by atoms with Crippen LogP contribution in [0.25, 0.3) is 21.8 Å². The zero-order valence-corrected chi connectivity index (χ0v) is 15.6. The second-order valence-electron chi connectivity index (χ2n) is 7.25. The van der Waals surface area contributed by atoms with Crippen molar-refractivity contribution in [1.82, 2.24) is 9.97 Å². The van der Waals surface area contributed by atoms with Gasteiger partial charge < -0.3 is 9.97 Å². The third-order valence-electron chi connectivity index (χ3n) is 5.51. The predicted molar refractivity (Wildman–Crippen MR) is 109 cm³/mol. The highest BCUT2D eigenvalue weighted by molar-refractivity contribution is 5.89. The summed E-state index contributed by atoms with van der Waals surface area (Å²) in [4.78, 5) is 6.22. The van der Waals surface area contributed by atoms with E-state index in [0.29, 0.717) is 16.5 Å². The third-order valence-corrected chi connectivity index (χ3v) is 5.51. The standard InChI is InChI=1S/C24H16F4N2/c25-20-6-3-5-17-19(13-30-23(17)20)22(14-8-10-15(11-9-14)24(26,27)28)18-12-29-21-7-2-1-4-16(18)21/h1-13,22,29-30H. The quantitative estimate of drug-likeness (QED) is 0.302. The summed E-state index contributed by atoms with van der Waals surface area (Å²) in [6, 6.07) is 17.7. The van der Waals surface area contributed by atoms with Crippen LogP contribution in [-0.2, 0) is 6.18 Å². The average Bonchev–Trinajstić information content (AvgIpc) is 3.34. The van der Waals surface area contributed by atoms with Crippen LogP contribution >= 0.6 is 0 Å². The van der Waals surface area contributed by atoms with E-state index in [1.807, 2.05) is 36.5 Å². The highest BCUT2D eigenvalue weighted by Gasteiger charge is 2.31. The van der Waals surface area contributed by atoms with Crippen molar-refractivity contribution in [2.75, 3.05) is 0 Å². The van der Waals surface area contributed by atoms with Crippen LogP contribution in [0.5, 0.6) is 0 Å². The van der Waals surface area contributed by atoms with E-state index in [-0.39, 0.29) is 11.7 Å². The van der Waals surface area contributed by atoms with Crippen molar-refractivity contribution >= 4 is 21.8 Å². The maximum Gasteiger partial charge on any atom is 0.416 e. The highest BCUT2D eigenvalue weighted by atomic mass is 19.4. The molecule has 0 spiro atoms. The molecule has 0 aliphatic rings. The minimum Gasteiger partial charge on any atom is -0.361 e. The Morgan fingerprint density at radius 2 is 1.37 bits per heavy atom. The molecule has 2 aromatic heterocycles. The molecule has 30 heavy (non-hydrogen) atoms. The van der Waals surface area contributed by atoms with Crippen LogP contribution in [-0.4, -0.2) is 9.97 Å². The van der Waals surface area contributed by atoms with Gasteiger partial charge in [0.15, 0.2) is 0 Å². The fourth-order valence-electron chi connectivity index (χ4n) is 4.10. The Balaban J connectivity index is 1.75. The Morgan fingerprint density at radius 3 is 2.13 bits per heavy atom. The molecule has 2 heterocycles.